The number of rotatable bonds is 6. The lowest BCUT2D eigenvalue weighted by molar-refractivity contribution is -0.121. The van der Waals surface area contributed by atoms with Crippen molar-refractivity contribution in [3.8, 4) is 0 Å². The normalized spacial score (nSPS) is 20.8. The molecule has 1 aromatic carbocycles. The minimum Gasteiger partial charge on any atom is -0.364 e. The lowest BCUT2D eigenvalue weighted by atomic mass is 9.85. The van der Waals surface area contributed by atoms with Gasteiger partial charge in [-0.1, -0.05) is 11.6 Å². The molecule has 2 aliphatic carbocycles. The predicted molar refractivity (Wildman–Crippen MR) is 112 cm³/mol. The standard InChI is InChI=1S/C21H23ClFN5O3/c22-15-9-12(23)3-8-16(15)27-20(30)11-1-6-14(7-2-11)28-10-25-17(18(28)19(24)29)21(31)26-13-4-5-13/h3,8-11,13-14H,1-2,4-7H2,(H2,24,29)(H,26,31)(H,27,30)/t11-,14-. The van der Waals surface area contributed by atoms with E-state index in [0.29, 0.717) is 31.4 Å². The highest BCUT2D eigenvalue weighted by Crippen LogP contribution is 2.35. The molecule has 31 heavy (non-hydrogen) atoms. The number of hydrogen-bond acceptors (Lipinski definition) is 4. The van der Waals surface area contributed by atoms with Gasteiger partial charge < -0.3 is 20.9 Å². The van der Waals surface area contributed by atoms with E-state index in [-0.39, 0.29) is 46.2 Å². The van der Waals surface area contributed by atoms with Crippen LogP contribution >= 0.6 is 11.6 Å². The molecular weight excluding hydrogens is 425 g/mol. The van der Waals surface area contributed by atoms with Crippen molar-refractivity contribution >= 4 is 35.0 Å². The van der Waals surface area contributed by atoms with E-state index in [1.807, 2.05) is 0 Å². The summed E-state index contributed by atoms with van der Waals surface area (Å²) in [5, 5.41) is 5.72. The molecule has 2 saturated carbocycles. The van der Waals surface area contributed by atoms with Crippen LogP contribution in [0.1, 0.15) is 65.5 Å². The van der Waals surface area contributed by atoms with Crippen LogP contribution in [0.4, 0.5) is 10.1 Å². The van der Waals surface area contributed by atoms with E-state index in [0.717, 1.165) is 18.9 Å². The van der Waals surface area contributed by atoms with Gasteiger partial charge in [0.15, 0.2) is 5.69 Å². The fourth-order valence-electron chi connectivity index (χ4n) is 3.97. The van der Waals surface area contributed by atoms with Gasteiger partial charge in [-0.05, 0) is 56.7 Å². The zero-order valence-electron chi connectivity index (χ0n) is 16.7. The molecule has 4 rings (SSSR count). The monoisotopic (exact) mass is 447 g/mol. The average Bonchev–Trinajstić information content (AvgIpc) is 3.43. The first kappa shape index (κ1) is 21.3. The van der Waals surface area contributed by atoms with Crippen molar-refractivity contribution in [2.24, 2.45) is 11.7 Å². The van der Waals surface area contributed by atoms with Crippen molar-refractivity contribution in [2.45, 2.75) is 50.6 Å². The second kappa shape index (κ2) is 8.66. The SMILES string of the molecule is NC(=O)c1c(C(=O)NC2CC2)ncn1[C@H]1CC[C@H](C(=O)Nc2ccc(F)cc2Cl)CC1. The number of amides is 3. The van der Waals surface area contributed by atoms with Crippen molar-refractivity contribution in [2.75, 3.05) is 5.32 Å². The van der Waals surface area contributed by atoms with Crippen molar-refractivity contribution in [3.05, 3.63) is 46.8 Å². The molecular formula is C21H23ClFN5O3. The molecule has 164 valence electrons. The van der Waals surface area contributed by atoms with Gasteiger partial charge in [-0.25, -0.2) is 9.37 Å². The Morgan fingerprint density at radius 2 is 1.84 bits per heavy atom. The van der Waals surface area contributed by atoms with Crippen molar-refractivity contribution < 1.29 is 18.8 Å². The van der Waals surface area contributed by atoms with Crippen LogP contribution in [0.5, 0.6) is 0 Å². The topological polar surface area (TPSA) is 119 Å². The zero-order valence-corrected chi connectivity index (χ0v) is 17.5. The third kappa shape index (κ3) is 4.71. The first-order valence-electron chi connectivity index (χ1n) is 10.3. The summed E-state index contributed by atoms with van der Waals surface area (Å²) in [6.07, 6.45) is 5.72. The fraction of sp³-hybridized carbons (Fsp3) is 0.429. The number of halogens is 2. The smallest absolute Gasteiger partial charge is 0.272 e. The molecule has 2 aromatic rings. The van der Waals surface area contributed by atoms with E-state index >= 15 is 0 Å². The summed E-state index contributed by atoms with van der Waals surface area (Å²) in [7, 11) is 0. The Balaban J connectivity index is 1.41. The lowest BCUT2D eigenvalue weighted by Crippen LogP contribution is -2.31. The maximum Gasteiger partial charge on any atom is 0.272 e. The Bertz CT molecular complexity index is 1030. The van der Waals surface area contributed by atoms with Crippen molar-refractivity contribution in [1.29, 1.82) is 0 Å². The molecule has 1 heterocycles. The Morgan fingerprint density at radius 1 is 1.13 bits per heavy atom. The number of primary amides is 1. The van der Waals surface area contributed by atoms with Crippen LogP contribution in [0.3, 0.4) is 0 Å². The Labute approximate surface area is 183 Å². The number of hydrogen-bond donors (Lipinski definition) is 3. The molecule has 1 aromatic heterocycles. The number of aromatic nitrogens is 2. The van der Waals surface area contributed by atoms with Crippen LogP contribution in [0, 0.1) is 11.7 Å². The Kier molecular flexibility index (Phi) is 5.95. The highest BCUT2D eigenvalue weighted by Gasteiger charge is 2.33. The van der Waals surface area contributed by atoms with Crippen LogP contribution in [0.2, 0.25) is 5.02 Å². The summed E-state index contributed by atoms with van der Waals surface area (Å²) in [6, 6.07) is 3.87. The molecule has 4 N–H and O–H groups in total. The van der Waals surface area contributed by atoms with E-state index in [4.69, 9.17) is 17.3 Å². The molecule has 2 fully saturated rings. The molecule has 0 spiro atoms. The number of imidazole rings is 1. The largest absolute Gasteiger partial charge is 0.364 e. The third-order valence-electron chi connectivity index (χ3n) is 5.80. The number of nitrogens with zero attached hydrogens (tertiary/aromatic N) is 2. The molecule has 2 aliphatic rings. The summed E-state index contributed by atoms with van der Waals surface area (Å²) >= 11 is 5.98. The minimum atomic E-state index is -0.704. The van der Waals surface area contributed by atoms with Crippen LogP contribution in [-0.2, 0) is 4.79 Å². The maximum atomic E-state index is 13.2. The maximum absolute atomic E-state index is 13.2. The minimum absolute atomic E-state index is 0.0465. The highest BCUT2D eigenvalue weighted by molar-refractivity contribution is 6.33. The summed E-state index contributed by atoms with van der Waals surface area (Å²) in [5.74, 6) is -1.99. The fourth-order valence-corrected chi connectivity index (χ4v) is 4.19. The number of anilines is 1. The van der Waals surface area contributed by atoms with Gasteiger partial charge in [0.25, 0.3) is 11.8 Å². The quantitative estimate of drug-likeness (QED) is 0.630. The first-order chi connectivity index (χ1) is 14.8. The van der Waals surface area contributed by atoms with Crippen LogP contribution in [0.25, 0.3) is 0 Å². The molecule has 0 atom stereocenters. The van der Waals surface area contributed by atoms with Gasteiger partial charge in [0, 0.05) is 18.0 Å². The number of nitrogens with two attached hydrogens (primary N) is 1. The van der Waals surface area contributed by atoms with Gasteiger partial charge in [0.2, 0.25) is 5.91 Å². The van der Waals surface area contributed by atoms with Gasteiger partial charge in [-0.3, -0.25) is 14.4 Å². The number of carbonyl (C=O) groups is 3. The average molecular weight is 448 g/mol. The predicted octanol–water partition coefficient (Wildman–Crippen LogP) is 3.04. The molecule has 8 nitrogen and oxygen atoms in total. The van der Waals surface area contributed by atoms with E-state index in [2.05, 4.69) is 15.6 Å². The highest BCUT2D eigenvalue weighted by atomic mass is 35.5. The summed E-state index contributed by atoms with van der Waals surface area (Å²) < 4.78 is 14.8. The molecule has 0 radical (unpaired) electrons. The van der Waals surface area contributed by atoms with Gasteiger partial charge in [-0.2, -0.15) is 0 Å². The Morgan fingerprint density at radius 3 is 2.45 bits per heavy atom. The summed E-state index contributed by atoms with van der Waals surface area (Å²) in [4.78, 5) is 41.2. The molecule has 3 amide bonds. The van der Waals surface area contributed by atoms with Crippen molar-refractivity contribution in [1.82, 2.24) is 14.9 Å². The van der Waals surface area contributed by atoms with E-state index in [1.165, 1.54) is 18.5 Å². The van der Waals surface area contributed by atoms with Gasteiger partial charge in [-0.15, -0.1) is 0 Å². The Hall–Kier alpha value is -2.94. The van der Waals surface area contributed by atoms with E-state index in [1.54, 1.807) is 4.57 Å². The van der Waals surface area contributed by atoms with Crippen LogP contribution in [0.15, 0.2) is 24.5 Å². The first-order valence-corrected chi connectivity index (χ1v) is 10.6. The van der Waals surface area contributed by atoms with E-state index < -0.39 is 11.7 Å². The second-order valence-electron chi connectivity index (χ2n) is 8.08. The number of benzene rings is 1. The van der Waals surface area contributed by atoms with Gasteiger partial charge in [0.05, 0.1) is 17.0 Å². The second-order valence-corrected chi connectivity index (χ2v) is 8.49. The molecule has 0 bridgehead atoms. The van der Waals surface area contributed by atoms with Crippen molar-refractivity contribution in [3.63, 3.8) is 0 Å². The zero-order chi connectivity index (χ0) is 22.1. The number of carbonyl (C=O) groups excluding carboxylic acids is 3. The molecule has 0 saturated heterocycles. The summed E-state index contributed by atoms with van der Waals surface area (Å²) in [6.45, 7) is 0. The van der Waals surface area contributed by atoms with Crippen LogP contribution < -0.4 is 16.4 Å². The number of nitrogens with one attached hydrogen (secondary N) is 2. The third-order valence-corrected chi connectivity index (χ3v) is 6.12. The van der Waals surface area contributed by atoms with E-state index in [9.17, 15) is 18.8 Å². The van der Waals surface area contributed by atoms with Crippen LogP contribution in [-0.4, -0.2) is 33.3 Å². The molecule has 0 aliphatic heterocycles. The summed E-state index contributed by atoms with van der Waals surface area (Å²) in [5.41, 5.74) is 6.07. The van der Waals surface area contributed by atoms with Gasteiger partial charge >= 0.3 is 0 Å². The molecule has 0 unspecified atom stereocenters. The lowest BCUT2D eigenvalue weighted by Gasteiger charge is -2.29. The van der Waals surface area contributed by atoms with Gasteiger partial charge in [0.1, 0.15) is 11.5 Å². The molecule has 10 heteroatoms.